The lowest BCUT2D eigenvalue weighted by atomic mass is 9.73. The van der Waals surface area contributed by atoms with Crippen molar-refractivity contribution in [2.75, 3.05) is 0 Å². The van der Waals surface area contributed by atoms with Gasteiger partial charge in [-0.1, -0.05) is 13.3 Å². The van der Waals surface area contributed by atoms with E-state index in [1.165, 1.54) is 0 Å². The van der Waals surface area contributed by atoms with Crippen molar-refractivity contribution in [2.24, 2.45) is 11.7 Å². The third kappa shape index (κ3) is 2.61. The van der Waals surface area contributed by atoms with Gasteiger partial charge in [0.05, 0.1) is 5.54 Å². The van der Waals surface area contributed by atoms with Gasteiger partial charge in [-0.15, -0.1) is 0 Å². The lowest BCUT2D eigenvalue weighted by Crippen LogP contribution is -2.66. The molecule has 0 saturated heterocycles. The largest absolute Gasteiger partial charge is 0.480 e. The predicted octanol–water partition coefficient (Wildman–Crippen LogP) is 1.41. The van der Waals surface area contributed by atoms with E-state index in [0.717, 1.165) is 25.7 Å². The highest BCUT2D eigenvalue weighted by Crippen LogP contribution is 2.36. The van der Waals surface area contributed by atoms with Gasteiger partial charge in [0.15, 0.2) is 0 Å². The van der Waals surface area contributed by atoms with E-state index in [1.807, 2.05) is 0 Å². The van der Waals surface area contributed by atoms with Gasteiger partial charge in [-0.25, -0.2) is 4.79 Å². The van der Waals surface area contributed by atoms with E-state index in [9.17, 15) is 14.7 Å². The van der Waals surface area contributed by atoms with Gasteiger partial charge in [0.2, 0.25) is 5.91 Å². The molecule has 2 rings (SSSR count). The second-order valence-corrected chi connectivity index (χ2v) is 6.20. The smallest absolute Gasteiger partial charge is 0.329 e. The quantitative estimate of drug-likeness (QED) is 0.718. The van der Waals surface area contributed by atoms with Crippen LogP contribution in [0.25, 0.3) is 0 Å². The van der Waals surface area contributed by atoms with E-state index in [0.29, 0.717) is 31.6 Å². The average molecular weight is 268 g/mol. The van der Waals surface area contributed by atoms with Crippen molar-refractivity contribution in [2.45, 2.75) is 69.4 Å². The summed E-state index contributed by atoms with van der Waals surface area (Å²) in [6.45, 7) is 2.13. The van der Waals surface area contributed by atoms with Crippen LogP contribution in [0.2, 0.25) is 0 Å². The third-order valence-electron chi connectivity index (χ3n) is 5.00. The Hall–Kier alpha value is -1.10. The number of carbonyl (C=O) groups is 2. The fraction of sp³-hybridized carbons (Fsp3) is 0.857. The minimum absolute atomic E-state index is 0.281. The monoisotopic (exact) mass is 268 g/mol. The Morgan fingerprint density at radius 3 is 2.21 bits per heavy atom. The van der Waals surface area contributed by atoms with Crippen molar-refractivity contribution in [3.63, 3.8) is 0 Å². The molecular weight excluding hydrogens is 244 g/mol. The summed E-state index contributed by atoms with van der Waals surface area (Å²) in [5.74, 6) is -0.616. The number of carbonyl (C=O) groups excluding carboxylic acids is 1. The number of aliphatic carboxylic acids is 1. The topological polar surface area (TPSA) is 92.4 Å². The van der Waals surface area contributed by atoms with Crippen molar-refractivity contribution < 1.29 is 14.7 Å². The first-order valence-electron chi connectivity index (χ1n) is 7.27. The summed E-state index contributed by atoms with van der Waals surface area (Å²) in [6, 6.07) is 0. The summed E-state index contributed by atoms with van der Waals surface area (Å²) in [7, 11) is 0. The zero-order valence-electron chi connectivity index (χ0n) is 11.6. The predicted molar refractivity (Wildman–Crippen MR) is 71.5 cm³/mol. The zero-order valence-corrected chi connectivity index (χ0v) is 11.6. The molecular formula is C14H24N2O3. The minimum atomic E-state index is -1.09. The normalized spacial score (nSPS) is 33.3. The molecule has 5 heteroatoms. The van der Waals surface area contributed by atoms with Crippen LogP contribution in [0, 0.1) is 5.92 Å². The highest BCUT2D eigenvalue weighted by molar-refractivity contribution is 5.92. The third-order valence-corrected chi connectivity index (χ3v) is 5.00. The highest BCUT2D eigenvalue weighted by Gasteiger charge is 2.48. The Morgan fingerprint density at radius 1 is 1.26 bits per heavy atom. The molecule has 0 bridgehead atoms. The van der Waals surface area contributed by atoms with Crippen LogP contribution < -0.4 is 11.1 Å². The molecule has 108 valence electrons. The molecule has 2 saturated carbocycles. The molecule has 0 heterocycles. The molecule has 0 aromatic carbocycles. The van der Waals surface area contributed by atoms with Gasteiger partial charge in [0.25, 0.3) is 0 Å². The molecule has 0 unspecified atom stereocenters. The Bertz CT molecular complexity index is 369. The van der Waals surface area contributed by atoms with Gasteiger partial charge in [0.1, 0.15) is 5.54 Å². The van der Waals surface area contributed by atoms with Gasteiger partial charge >= 0.3 is 5.97 Å². The molecule has 5 nitrogen and oxygen atoms in total. The summed E-state index contributed by atoms with van der Waals surface area (Å²) < 4.78 is 0. The van der Waals surface area contributed by atoms with Crippen LogP contribution in [0.5, 0.6) is 0 Å². The second kappa shape index (κ2) is 5.12. The summed E-state index contributed by atoms with van der Waals surface area (Å²) in [5.41, 5.74) is 4.05. The SMILES string of the molecule is CCC1CCC(NC(=O)C2(N)CCC2)(C(=O)O)CC1. The summed E-state index contributed by atoms with van der Waals surface area (Å²) in [4.78, 5) is 23.8. The maximum atomic E-state index is 12.2. The molecule has 2 aliphatic rings. The molecule has 2 fully saturated rings. The van der Waals surface area contributed by atoms with Gasteiger partial charge in [-0.05, 0) is 50.9 Å². The van der Waals surface area contributed by atoms with Crippen LogP contribution >= 0.6 is 0 Å². The Kier molecular flexibility index (Phi) is 3.85. The Balaban J connectivity index is 2.04. The van der Waals surface area contributed by atoms with Crippen LogP contribution in [0.4, 0.5) is 0 Å². The highest BCUT2D eigenvalue weighted by atomic mass is 16.4. The Morgan fingerprint density at radius 2 is 1.84 bits per heavy atom. The molecule has 2 aliphatic carbocycles. The van der Waals surface area contributed by atoms with Gasteiger partial charge < -0.3 is 16.2 Å². The average Bonchev–Trinajstić information content (AvgIpc) is 2.36. The van der Waals surface area contributed by atoms with Crippen LogP contribution in [-0.2, 0) is 9.59 Å². The van der Waals surface area contributed by atoms with Crippen LogP contribution in [0.1, 0.15) is 58.3 Å². The van der Waals surface area contributed by atoms with E-state index >= 15 is 0 Å². The molecule has 0 spiro atoms. The lowest BCUT2D eigenvalue weighted by Gasteiger charge is -2.42. The molecule has 0 aromatic heterocycles. The van der Waals surface area contributed by atoms with E-state index in [-0.39, 0.29) is 5.91 Å². The maximum absolute atomic E-state index is 12.2. The van der Waals surface area contributed by atoms with Crippen molar-refractivity contribution in [1.82, 2.24) is 5.32 Å². The van der Waals surface area contributed by atoms with E-state index in [2.05, 4.69) is 12.2 Å². The molecule has 0 radical (unpaired) electrons. The van der Waals surface area contributed by atoms with Gasteiger partial charge in [-0.3, -0.25) is 4.79 Å². The fourth-order valence-electron chi connectivity index (χ4n) is 3.10. The van der Waals surface area contributed by atoms with E-state index in [4.69, 9.17) is 5.73 Å². The second-order valence-electron chi connectivity index (χ2n) is 6.20. The molecule has 19 heavy (non-hydrogen) atoms. The molecule has 1 amide bonds. The number of hydrogen-bond donors (Lipinski definition) is 3. The number of amides is 1. The number of rotatable bonds is 4. The van der Waals surface area contributed by atoms with E-state index < -0.39 is 17.0 Å². The molecule has 0 aromatic rings. The van der Waals surface area contributed by atoms with Crippen molar-refractivity contribution in [1.29, 1.82) is 0 Å². The summed E-state index contributed by atoms with van der Waals surface area (Å²) in [5, 5.41) is 12.3. The fourth-order valence-corrected chi connectivity index (χ4v) is 3.10. The van der Waals surface area contributed by atoms with E-state index in [1.54, 1.807) is 0 Å². The number of nitrogens with two attached hydrogens (primary N) is 1. The van der Waals surface area contributed by atoms with Gasteiger partial charge in [-0.2, -0.15) is 0 Å². The summed E-state index contributed by atoms with van der Waals surface area (Å²) >= 11 is 0. The van der Waals surface area contributed by atoms with Crippen molar-refractivity contribution in [3.8, 4) is 0 Å². The standard InChI is InChI=1S/C14H24N2O3/c1-2-10-4-8-14(9-5-10,12(18)19)16-11(17)13(15)6-3-7-13/h10H,2-9,15H2,1H3,(H,16,17)(H,18,19). The van der Waals surface area contributed by atoms with Crippen molar-refractivity contribution >= 4 is 11.9 Å². The number of carboxylic acids is 1. The lowest BCUT2D eigenvalue weighted by molar-refractivity contribution is -0.151. The number of carboxylic acid groups (broad SMARTS) is 1. The first-order chi connectivity index (χ1) is 8.92. The summed E-state index contributed by atoms with van der Waals surface area (Å²) in [6.07, 6.45) is 6.09. The first-order valence-corrected chi connectivity index (χ1v) is 7.27. The molecule has 0 aliphatic heterocycles. The number of hydrogen-bond acceptors (Lipinski definition) is 3. The molecule has 4 N–H and O–H groups in total. The molecule has 0 atom stereocenters. The zero-order chi connectivity index (χ0) is 14.1. The first kappa shape index (κ1) is 14.3. The Labute approximate surface area is 113 Å². The number of nitrogens with one attached hydrogen (secondary N) is 1. The van der Waals surface area contributed by atoms with Crippen molar-refractivity contribution in [3.05, 3.63) is 0 Å². The van der Waals surface area contributed by atoms with Crippen LogP contribution in [0.3, 0.4) is 0 Å². The minimum Gasteiger partial charge on any atom is -0.480 e. The van der Waals surface area contributed by atoms with Crippen LogP contribution in [-0.4, -0.2) is 28.1 Å². The van der Waals surface area contributed by atoms with Crippen LogP contribution in [0.15, 0.2) is 0 Å². The maximum Gasteiger partial charge on any atom is 0.329 e. The van der Waals surface area contributed by atoms with Gasteiger partial charge in [0, 0.05) is 0 Å².